The SMILES string of the molecule is Cc1cc(SCc2ccc(O)cc2)ccc1N. The highest BCUT2D eigenvalue weighted by Gasteiger charge is 1.99. The third-order valence-corrected chi connectivity index (χ3v) is 3.65. The van der Waals surface area contributed by atoms with Gasteiger partial charge >= 0.3 is 0 Å². The van der Waals surface area contributed by atoms with E-state index in [0.29, 0.717) is 5.75 Å². The van der Waals surface area contributed by atoms with Gasteiger partial charge in [0.1, 0.15) is 5.75 Å². The Bertz CT molecular complexity index is 508. The lowest BCUT2D eigenvalue weighted by Gasteiger charge is -2.05. The molecule has 0 saturated heterocycles. The van der Waals surface area contributed by atoms with Crippen LogP contribution in [0.15, 0.2) is 47.4 Å². The summed E-state index contributed by atoms with van der Waals surface area (Å²) >= 11 is 1.77. The molecule has 0 radical (unpaired) electrons. The van der Waals surface area contributed by atoms with Gasteiger partial charge in [-0.1, -0.05) is 12.1 Å². The molecular weight excluding hydrogens is 230 g/mol. The molecule has 17 heavy (non-hydrogen) atoms. The van der Waals surface area contributed by atoms with Crippen LogP contribution in [0.2, 0.25) is 0 Å². The van der Waals surface area contributed by atoms with Crippen LogP contribution in [0.4, 0.5) is 5.69 Å². The van der Waals surface area contributed by atoms with Crippen molar-refractivity contribution in [1.82, 2.24) is 0 Å². The average Bonchev–Trinajstić information content (AvgIpc) is 2.33. The van der Waals surface area contributed by atoms with Gasteiger partial charge < -0.3 is 10.8 Å². The number of nitrogens with two attached hydrogens (primary N) is 1. The lowest BCUT2D eigenvalue weighted by molar-refractivity contribution is 0.475. The lowest BCUT2D eigenvalue weighted by Crippen LogP contribution is -1.89. The lowest BCUT2D eigenvalue weighted by atomic mass is 10.2. The predicted octanol–water partition coefficient (Wildman–Crippen LogP) is 3.58. The Labute approximate surface area is 105 Å². The van der Waals surface area contributed by atoms with E-state index in [2.05, 4.69) is 6.07 Å². The minimum absolute atomic E-state index is 0.307. The summed E-state index contributed by atoms with van der Waals surface area (Å²) in [6, 6.07) is 13.4. The highest BCUT2D eigenvalue weighted by Crippen LogP contribution is 2.26. The first-order valence-electron chi connectivity index (χ1n) is 5.42. The second kappa shape index (κ2) is 5.15. The molecule has 0 heterocycles. The number of hydrogen-bond acceptors (Lipinski definition) is 3. The van der Waals surface area contributed by atoms with Crippen molar-refractivity contribution in [2.45, 2.75) is 17.6 Å². The number of phenols is 1. The molecule has 0 aliphatic carbocycles. The van der Waals surface area contributed by atoms with Crippen molar-refractivity contribution < 1.29 is 5.11 Å². The number of phenolic OH excluding ortho intramolecular Hbond substituents is 1. The summed E-state index contributed by atoms with van der Waals surface area (Å²) in [5.74, 6) is 1.20. The summed E-state index contributed by atoms with van der Waals surface area (Å²) in [7, 11) is 0. The van der Waals surface area contributed by atoms with Crippen LogP contribution in [-0.4, -0.2) is 5.11 Å². The molecule has 2 aromatic rings. The maximum atomic E-state index is 9.19. The maximum absolute atomic E-state index is 9.19. The van der Waals surface area contributed by atoms with Crippen LogP contribution < -0.4 is 5.73 Å². The van der Waals surface area contributed by atoms with Gasteiger partial charge in [0, 0.05) is 16.3 Å². The fourth-order valence-electron chi connectivity index (χ4n) is 1.50. The van der Waals surface area contributed by atoms with Gasteiger partial charge in [0.2, 0.25) is 0 Å². The topological polar surface area (TPSA) is 46.2 Å². The monoisotopic (exact) mass is 245 g/mol. The quantitative estimate of drug-likeness (QED) is 0.642. The van der Waals surface area contributed by atoms with Crippen LogP contribution in [-0.2, 0) is 5.75 Å². The van der Waals surface area contributed by atoms with E-state index in [-0.39, 0.29) is 0 Å². The summed E-state index contributed by atoms with van der Waals surface area (Å²) in [6.07, 6.45) is 0. The molecule has 3 heteroatoms. The van der Waals surface area contributed by atoms with Crippen LogP contribution >= 0.6 is 11.8 Å². The van der Waals surface area contributed by atoms with Gasteiger partial charge in [-0.25, -0.2) is 0 Å². The molecule has 88 valence electrons. The Morgan fingerprint density at radius 3 is 2.47 bits per heavy atom. The number of aryl methyl sites for hydroxylation is 1. The predicted molar refractivity (Wildman–Crippen MR) is 73.3 cm³/mol. The molecule has 0 spiro atoms. The molecule has 0 bridgehead atoms. The van der Waals surface area contributed by atoms with Crippen LogP contribution in [0.25, 0.3) is 0 Å². The van der Waals surface area contributed by atoms with Crippen molar-refractivity contribution in [3.8, 4) is 5.75 Å². The van der Waals surface area contributed by atoms with Crippen LogP contribution in [0.1, 0.15) is 11.1 Å². The van der Waals surface area contributed by atoms with Crippen molar-refractivity contribution in [2.24, 2.45) is 0 Å². The number of thioether (sulfide) groups is 1. The number of nitrogen functional groups attached to an aromatic ring is 1. The Morgan fingerprint density at radius 2 is 1.82 bits per heavy atom. The molecule has 3 N–H and O–H groups in total. The fourth-order valence-corrected chi connectivity index (χ4v) is 2.45. The molecule has 0 unspecified atom stereocenters. The third-order valence-electron chi connectivity index (χ3n) is 2.58. The van der Waals surface area contributed by atoms with E-state index in [1.54, 1.807) is 23.9 Å². The van der Waals surface area contributed by atoms with Crippen molar-refractivity contribution in [2.75, 3.05) is 5.73 Å². The summed E-state index contributed by atoms with van der Waals surface area (Å²) in [4.78, 5) is 1.21. The number of rotatable bonds is 3. The Kier molecular flexibility index (Phi) is 3.59. The summed E-state index contributed by atoms with van der Waals surface area (Å²) < 4.78 is 0. The molecule has 0 amide bonds. The van der Waals surface area contributed by atoms with Crippen LogP contribution in [0, 0.1) is 6.92 Å². The molecule has 2 nitrogen and oxygen atoms in total. The van der Waals surface area contributed by atoms with Gasteiger partial charge in [0.05, 0.1) is 0 Å². The molecule has 2 aromatic carbocycles. The van der Waals surface area contributed by atoms with E-state index < -0.39 is 0 Å². The second-order valence-corrected chi connectivity index (χ2v) is 5.02. The Hall–Kier alpha value is -1.61. The standard InChI is InChI=1S/C14H15NOS/c1-10-8-13(6-7-14(10)15)17-9-11-2-4-12(16)5-3-11/h2-8,16H,9,15H2,1H3. The Morgan fingerprint density at radius 1 is 1.12 bits per heavy atom. The number of benzene rings is 2. The van der Waals surface area contributed by atoms with Gasteiger partial charge in [-0.2, -0.15) is 0 Å². The third kappa shape index (κ3) is 3.17. The Balaban J connectivity index is 2.02. The van der Waals surface area contributed by atoms with E-state index in [4.69, 9.17) is 5.73 Å². The first kappa shape index (κ1) is 11.9. The minimum atomic E-state index is 0.307. The van der Waals surface area contributed by atoms with Gasteiger partial charge in [-0.15, -0.1) is 11.8 Å². The molecule has 0 atom stereocenters. The van der Waals surface area contributed by atoms with E-state index in [1.807, 2.05) is 31.2 Å². The highest BCUT2D eigenvalue weighted by atomic mass is 32.2. The van der Waals surface area contributed by atoms with Crippen molar-refractivity contribution in [1.29, 1.82) is 0 Å². The molecule has 0 aliphatic rings. The first-order chi connectivity index (χ1) is 8.15. The number of anilines is 1. The fraction of sp³-hybridized carbons (Fsp3) is 0.143. The smallest absolute Gasteiger partial charge is 0.115 e. The molecule has 2 rings (SSSR count). The number of hydrogen-bond donors (Lipinski definition) is 2. The molecule has 0 fully saturated rings. The molecule has 0 aliphatic heterocycles. The van der Waals surface area contributed by atoms with E-state index >= 15 is 0 Å². The van der Waals surface area contributed by atoms with Gasteiger partial charge in [0.25, 0.3) is 0 Å². The molecular formula is C14H15NOS. The van der Waals surface area contributed by atoms with Gasteiger partial charge in [0.15, 0.2) is 0 Å². The van der Waals surface area contributed by atoms with Gasteiger partial charge in [-0.3, -0.25) is 0 Å². The zero-order chi connectivity index (χ0) is 12.3. The largest absolute Gasteiger partial charge is 0.508 e. The van der Waals surface area contributed by atoms with Crippen molar-refractivity contribution >= 4 is 17.4 Å². The minimum Gasteiger partial charge on any atom is -0.508 e. The zero-order valence-electron chi connectivity index (χ0n) is 9.68. The first-order valence-corrected chi connectivity index (χ1v) is 6.40. The van der Waals surface area contributed by atoms with E-state index in [1.165, 1.54) is 10.5 Å². The van der Waals surface area contributed by atoms with Crippen molar-refractivity contribution in [3.63, 3.8) is 0 Å². The normalized spacial score (nSPS) is 10.4. The summed E-state index contributed by atoms with van der Waals surface area (Å²) in [5.41, 5.74) is 8.92. The maximum Gasteiger partial charge on any atom is 0.115 e. The average molecular weight is 245 g/mol. The molecule has 0 saturated carbocycles. The zero-order valence-corrected chi connectivity index (χ0v) is 10.5. The summed E-state index contributed by atoms with van der Waals surface area (Å²) in [5, 5.41) is 9.19. The number of aromatic hydroxyl groups is 1. The summed E-state index contributed by atoms with van der Waals surface area (Å²) in [6.45, 7) is 2.01. The second-order valence-electron chi connectivity index (χ2n) is 3.97. The van der Waals surface area contributed by atoms with E-state index in [0.717, 1.165) is 17.0 Å². The molecule has 0 aromatic heterocycles. The van der Waals surface area contributed by atoms with Gasteiger partial charge in [-0.05, 0) is 48.4 Å². The van der Waals surface area contributed by atoms with Crippen LogP contribution in [0.3, 0.4) is 0 Å². The van der Waals surface area contributed by atoms with Crippen molar-refractivity contribution in [3.05, 3.63) is 53.6 Å². The highest BCUT2D eigenvalue weighted by molar-refractivity contribution is 7.98. The van der Waals surface area contributed by atoms with Crippen LogP contribution in [0.5, 0.6) is 5.75 Å². The van der Waals surface area contributed by atoms with E-state index in [9.17, 15) is 5.11 Å².